The molecule has 1 unspecified atom stereocenters. The molecule has 0 aromatic heterocycles. The fourth-order valence-electron chi connectivity index (χ4n) is 3.44. The van der Waals surface area contributed by atoms with Crippen LogP contribution in [-0.4, -0.2) is 28.9 Å². The van der Waals surface area contributed by atoms with Crippen LogP contribution in [0.4, 0.5) is 24.5 Å². The van der Waals surface area contributed by atoms with E-state index in [1.165, 1.54) is 19.1 Å². The van der Waals surface area contributed by atoms with Gasteiger partial charge in [0.1, 0.15) is 5.54 Å². The summed E-state index contributed by atoms with van der Waals surface area (Å²) in [5.41, 5.74) is 2.13. The Morgan fingerprint density at radius 3 is 2.41 bits per heavy atom. The van der Waals surface area contributed by atoms with Gasteiger partial charge in [-0.1, -0.05) is 12.1 Å². The Morgan fingerprint density at radius 1 is 1.16 bits per heavy atom. The van der Waals surface area contributed by atoms with E-state index in [0.717, 1.165) is 17.7 Å². The van der Waals surface area contributed by atoms with Gasteiger partial charge in [-0.25, -0.2) is 10.4 Å². The molecule has 1 atom stereocenters. The maximum Gasteiger partial charge on any atom is 0.417 e. The quantitative estimate of drug-likeness (QED) is 0.653. The van der Waals surface area contributed by atoms with E-state index in [1.54, 1.807) is 19.1 Å². The zero-order valence-electron chi connectivity index (χ0n) is 17.5. The molecule has 32 heavy (non-hydrogen) atoms. The Morgan fingerprint density at radius 2 is 1.81 bits per heavy atom. The van der Waals surface area contributed by atoms with Crippen LogP contribution in [0.3, 0.4) is 0 Å². The molecule has 1 fully saturated rings. The third-order valence-corrected chi connectivity index (χ3v) is 5.14. The molecule has 168 valence electrons. The van der Waals surface area contributed by atoms with Crippen molar-refractivity contribution in [2.45, 2.75) is 38.5 Å². The highest BCUT2D eigenvalue weighted by atomic mass is 19.4. The number of nitriles is 1. The fourth-order valence-corrected chi connectivity index (χ4v) is 3.44. The number of hydrogen-bond donors (Lipinski definition) is 3. The average molecular weight is 445 g/mol. The van der Waals surface area contributed by atoms with Gasteiger partial charge in [-0.3, -0.25) is 9.59 Å². The van der Waals surface area contributed by atoms with Crippen LogP contribution < -0.4 is 16.1 Å². The topological polar surface area (TPSA) is 97.3 Å². The van der Waals surface area contributed by atoms with Crippen molar-refractivity contribution < 1.29 is 22.8 Å². The molecule has 3 rings (SSSR count). The molecule has 2 aromatic rings. The maximum atomic E-state index is 13.2. The maximum absolute atomic E-state index is 13.2. The fraction of sp³-hybridized carbons (Fsp3) is 0.318. The van der Waals surface area contributed by atoms with E-state index in [9.17, 15) is 22.8 Å². The van der Waals surface area contributed by atoms with E-state index in [2.05, 4.69) is 16.1 Å². The van der Waals surface area contributed by atoms with Crippen molar-refractivity contribution in [2.24, 2.45) is 0 Å². The van der Waals surface area contributed by atoms with Gasteiger partial charge in [0.25, 0.3) is 0 Å². The van der Waals surface area contributed by atoms with Gasteiger partial charge in [-0.15, -0.1) is 0 Å². The van der Waals surface area contributed by atoms with Crippen LogP contribution in [-0.2, 0) is 22.3 Å². The molecule has 1 aliphatic heterocycles. The second kappa shape index (κ2) is 8.98. The van der Waals surface area contributed by atoms with Crippen LogP contribution >= 0.6 is 0 Å². The first-order valence-corrected chi connectivity index (χ1v) is 9.82. The number of nitrogens with one attached hydrogen (secondary N) is 3. The Kier molecular flexibility index (Phi) is 6.52. The van der Waals surface area contributed by atoms with Gasteiger partial charge in [-0.2, -0.15) is 18.4 Å². The molecule has 2 aromatic carbocycles. The molecule has 1 aliphatic rings. The van der Waals surface area contributed by atoms with Crippen LogP contribution in [0.15, 0.2) is 42.5 Å². The standard InChI is InChI=1S/C22H22F3N5O2/c1-14(31)27-17-6-3-15(4-7-17)13-30-10-9-21(2,29-30)20(32)28-18-8-5-16(12-26)19(11-18)22(23,24)25/h3-8,11,29H,9-10,13H2,1-2H3,(H,27,31)(H,28,32). The summed E-state index contributed by atoms with van der Waals surface area (Å²) < 4.78 is 39.5. The van der Waals surface area contributed by atoms with Gasteiger partial charge in [0.05, 0.1) is 17.2 Å². The molecule has 1 saturated heterocycles. The third-order valence-electron chi connectivity index (χ3n) is 5.14. The molecule has 0 bridgehead atoms. The van der Waals surface area contributed by atoms with E-state index in [-0.39, 0.29) is 11.6 Å². The van der Waals surface area contributed by atoms with E-state index in [1.807, 2.05) is 17.1 Å². The Labute approximate surface area is 183 Å². The normalized spacial score (nSPS) is 18.8. The summed E-state index contributed by atoms with van der Waals surface area (Å²) in [7, 11) is 0. The highest BCUT2D eigenvalue weighted by molar-refractivity contribution is 5.98. The summed E-state index contributed by atoms with van der Waals surface area (Å²) in [5, 5.41) is 16.0. The molecular weight excluding hydrogens is 423 g/mol. The molecule has 0 aliphatic carbocycles. The van der Waals surface area contributed by atoms with Crippen molar-refractivity contribution >= 4 is 23.2 Å². The monoisotopic (exact) mass is 445 g/mol. The largest absolute Gasteiger partial charge is 0.417 e. The highest BCUT2D eigenvalue weighted by Crippen LogP contribution is 2.34. The molecule has 10 heteroatoms. The van der Waals surface area contributed by atoms with E-state index < -0.39 is 28.7 Å². The summed E-state index contributed by atoms with van der Waals surface area (Å²) in [4.78, 5) is 23.9. The molecular formula is C22H22F3N5O2. The number of amides is 2. The predicted octanol–water partition coefficient (Wildman–Crippen LogP) is 3.64. The van der Waals surface area contributed by atoms with E-state index >= 15 is 0 Å². The first kappa shape index (κ1) is 23.2. The summed E-state index contributed by atoms with van der Waals surface area (Å²) in [6.45, 7) is 4.16. The van der Waals surface area contributed by atoms with Crippen LogP contribution in [0.2, 0.25) is 0 Å². The molecule has 1 heterocycles. The molecule has 3 N–H and O–H groups in total. The van der Waals surface area contributed by atoms with Crippen molar-refractivity contribution in [3.63, 3.8) is 0 Å². The Balaban J connectivity index is 1.65. The number of halogens is 3. The minimum atomic E-state index is -4.70. The minimum Gasteiger partial charge on any atom is -0.326 e. The number of hydrogen-bond acceptors (Lipinski definition) is 5. The molecule has 7 nitrogen and oxygen atoms in total. The van der Waals surface area contributed by atoms with Gasteiger partial charge in [-0.05, 0) is 49.2 Å². The number of alkyl halides is 3. The lowest BCUT2D eigenvalue weighted by atomic mass is 9.99. The lowest BCUT2D eigenvalue weighted by molar-refractivity contribution is -0.137. The van der Waals surface area contributed by atoms with Crippen LogP contribution in [0.5, 0.6) is 0 Å². The van der Waals surface area contributed by atoms with Crippen LogP contribution in [0.1, 0.15) is 37.0 Å². The summed E-state index contributed by atoms with van der Waals surface area (Å²) >= 11 is 0. The van der Waals surface area contributed by atoms with Crippen molar-refractivity contribution in [1.82, 2.24) is 10.4 Å². The summed E-state index contributed by atoms with van der Waals surface area (Å²) in [5.74, 6) is -0.635. The smallest absolute Gasteiger partial charge is 0.326 e. The van der Waals surface area contributed by atoms with Gasteiger partial charge in [0, 0.05) is 31.4 Å². The Bertz CT molecular complexity index is 1060. The second-order valence-corrected chi connectivity index (χ2v) is 7.82. The van der Waals surface area contributed by atoms with Crippen molar-refractivity contribution in [3.05, 3.63) is 59.2 Å². The van der Waals surface area contributed by atoms with Gasteiger partial charge < -0.3 is 10.6 Å². The van der Waals surface area contributed by atoms with Gasteiger partial charge in [0.15, 0.2) is 0 Å². The lowest BCUT2D eigenvalue weighted by Crippen LogP contribution is -2.51. The van der Waals surface area contributed by atoms with Gasteiger partial charge >= 0.3 is 6.18 Å². The Hall–Kier alpha value is -3.42. The zero-order chi connectivity index (χ0) is 23.5. The number of carbonyl (C=O) groups is 2. The first-order chi connectivity index (χ1) is 15.0. The number of anilines is 2. The van der Waals surface area contributed by atoms with Crippen LogP contribution in [0, 0.1) is 11.3 Å². The molecule has 0 spiro atoms. The highest BCUT2D eigenvalue weighted by Gasteiger charge is 2.40. The number of nitrogens with zero attached hydrogens (tertiary/aromatic N) is 2. The first-order valence-electron chi connectivity index (χ1n) is 9.82. The zero-order valence-corrected chi connectivity index (χ0v) is 17.5. The number of hydrazine groups is 1. The molecule has 2 amide bonds. The van der Waals surface area contributed by atoms with Crippen molar-refractivity contribution in [1.29, 1.82) is 5.26 Å². The second-order valence-electron chi connectivity index (χ2n) is 7.82. The molecule has 0 saturated carbocycles. The minimum absolute atomic E-state index is 0.0311. The van der Waals surface area contributed by atoms with E-state index in [0.29, 0.717) is 25.2 Å². The third kappa shape index (κ3) is 5.43. The lowest BCUT2D eigenvalue weighted by Gasteiger charge is -2.26. The van der Waals surface area contributed by atoms with Gasteiger partial charge in [0.2, 0.25) is 11.8 Å². The van der Waals surface area contributed by atoms with Crippen molar-refractivity contribution in [2.75, 3.05) is 17.2 Å². The van der Waals surface area contributed by atoms with Crippen molar-refractivity contribution in [3.8, 4) is 6.07 Å². The summed E-state index contributed by atoms with van der Waals surface area (Å²) in [6, 6.07) is 11.9. The average Bonchev–Trinajstić information content (AvgIpc) is 3.10. The SMILES string of the molecule is CC(=O)Nc1ccc(CN2CCC(C)(C(=O)Nc3ccc(C#N)c(C(F)(F)F)c3)N2)cc1. The number of rotatable bonds is 5. The predicted molar refractivity (Wildman–Crippen MR) is 112 cm³/mol. The summed E-state index contributed by atoms with van der Waals surface area (Å²) in [6.07, 6.45) is -4.25. The number of carbonyl (C=O) groups excluding carboxylic acids is 2. The van der Waals surface area contributed by atoms with Crippen LogP contribution in [0.25, 0.3) is 0 Å². The number of benzene rings is 2. The molecule has 0 radical (unpaired) electrons. The van der Waals surface area contributed by atoms with E-state index in [4.69, 9.17) is 5.26 Å².